The molecule has 0 aromatic rings. The van der Waals surface area contributed by atoms with Crippen LogP contribution in [-0.2, 0) is 0 Å². The van der Waals surface area contributed by atoms with Gasteiger partial charge in [0, 0.05) is 0 Å². The van der Waals surface area contributed by atoms with Crippen LogP contribution in [0.4, 0.5) is 0 Å². The lowest BCUT2D eigenvalue weighted by Gasteiger charge is -2.28. The average molecular weight is 98.2 g/mol. The van der Waals surface area contributed by atoms with E-state index >= 15 is 0 Å². The second-order valence-corrected chi connectivity index (χ2v) is 2.94. The van der Waals surface area contributed by atoms with Crippen molar-refractivity contribution in [3.05, 3.63) is 0 Å². The van der Waals surface area contributed by atoms with Crippen molar-refractivity contribution < 1.29 is 0 Å². The summed E-state index contributed by atoms with van der Waals surface area (Å²) in [6.45, 7) is 4.65. The molecule has 1 rings (SSSR count). The fourth-order valence-electron chi connectivity index (χ4n) is 1.11. The van der Waals surface area contributed by atoms with Crippen molar-refractivity contribution in [2.45, 2.75) is 33.1 Å². The molecular weight excluding hydrogens is 84.1 g/mol. The lowest BCUT2D eigenvalue weighted by molar-refractivity contribution is 0.235. The largest absolute Gasteiger partial charge is 0.0625 e. The van der Waals surface area contributed by atoms with Gasteiger partial charge in [-0.05, 0) is 11.8 Å². The lowest BCUT2D eigenvalue weighted by Crippen LogP contribution is -2.16. The van der Waals surface area contributed by atoms with Crippen molar-refractivity contribution in [3.8, 4) is 0 Å². The quantitative estimate of drug-likeness (QED) is 0.472. The summed E-state index contributed by atoms with van der Waals surface area (Å²) in [6, 6.07) is 0. The smallest absolute Gasteiger partial charge is 0.0391 e. The summed E-state index contributed by atoms with van der Waals surface area (Å²) < 4.78 is 0. The minimum atomic E-state index is 0.953. The SMILES string of the molecule is CC(C)C1CCC1. The molecule has 0 N–H and O–H groups in total. The van der Waals surface area contributed by atoms with E-state index in [1.165, 1.54) is 19.3 Å². The van der Waals surface area contributed by atoms with Crippen molar-refractivity contribution in [1.29, 1.82) is 0 Å². The van der Waals surface area contributed by atoms with E-state index in [0.717, 1.165) is 11.8 Å². The Bertz CT molecular complexity index is 51.1. The molecule has 1 saturated carbocycles. The molecule has 0 aromatic carbocycles. The van der Waals surface area contributed by atoms with Crippen molar-refractivity contribution in [2.24, 2.45) is 11.8 Å². The molecule has 1 aliphatic rings. The van der Waals surface area contributed by atoms with Crippen LogP contribution in [0.5, 0.6) is 0 Å². The minimum Gasteiger partial charge on any atom is -0.0625 e. The molecule has 1 aliphatic carbocycles. The maximum absolute atomic E-state index is 2.32. The maximum Gasteiger partial charge on any atom is -0.0391 e. The molecule has 42 valence electrons. The van der Waals surface area contributed by atoms with Gasteiger partial charge >= 0.3 is 0 Å². The fourth-order valence-corrected chi connectivity index (χ4v) is 1.11. The van der Waals surface area contributed by atoms with Crippen LogP contribution < -0.4 is 0 Å². The summed E-state index contributed by atoms with van der Waals surface area (Å²) in [5.41, 5.74) is 0. The van der Waals surface area contributed by atoms with Gasteiger partial charge in [0.1, 0.15) is 0 Å². The Labute approximate surface area is 45.9 Å². The normalized spacial score (nSPS) is 22.7. The topological polar surface area (TPSA) is 0 Å². The van der Waals surface area contributed by atoms with Crippen LogP contribution in [0.3, 0.4) is 0 Å². The van der Waals surface area contributed by atoms with E-state index < -0.39 is 0 Å². The standard InChI is InChI=1S/C7H14/c1-6(2)7-4-3-5-7/h6-7H,3-5H2,1-2H3. The second kappa shape index (κ2) is 1.85. The monoisotopic (exact) mass is 98.1 g/mol. The second-order valence-electron chi connectivity index (χ2n) is 2.94. The van der Waals surface area contributed by atoms with Crippen LogP contribution in [0.25, 0.3) is 0 Å². The molecule has 0 nitrogen and oxygen atoms in total. The summed E-state index contributed by atoms with van der Waals surface area (Å²) in [6.07, 6.45) is 4.48. The third-order valence-corrected chi connectivity index (χ3v) is 2.09. The van der Waals surface area contributed by atoms with Crippen LogP contribution in [0.2, 0.25) is 0 Å². The number of hydrogen-bond acceptors (Lipinski definition) is 0. The van der Waals surface area contributed by atoms with E-state index in [-0.39, 0.29) is 0 Å². The summed E-state index contributed by atoms with van der Waals surface area (Å²) in [5, 5.41) is 0. The first-order valence-corrected chi connectivity index (χ1v) is 3.30. The fraction of sp³-hybridized carbons (Fsp3) is 1.00. The zero-order chi connectivity index (χ0) is 5.28. The zero-order valence-electron chi connectivity index (χ0n) is 5.28. The summed E-state index contributed by atoms with van der Waals surface area (Å²) in [5.74, 6) is 2.04. The van der Waals surface area contributed by atoms with Crippen LogP contribution in [0.15, 0.2) is 0 Å². The Balaban J connectivity index is 2.14. The van der Waals surface area contributed by atoms with E-state index in [1.54, 1.807) is 0 Å². The molecule has 0 aromatic heterocycles. The molecule has 0 saturated heterocycles. The predicted octanol–water partition coefficient (Wildman–Crippen LogP) is 2.44. The molecule has 0 heteroatoms. The van der Waals surface area contributed by atoms with Crippen molar-refractivity contribution in [2.75, 3.05) is 0 Å². The Morgan fingerprint density at radius 3 is 1.86 bits per heavy atom. The van der Waals surface area contributed by atoms with E-state index in [2.05, 4.69) is 13.8 Å². The maximum atomic E-state index is 2.32. The Kier molecular flexibility index (Phi) is 1.36. The zero-order valence-corrected chi connectivity index (χ0v) is 5.28. The highest BCUT2D eigenvalue weighted by Crippen LogP contribution is 2.32. The van der Waals surface area contributed by atoms with Crippen molar-refractivity contribution in [1.82, 2.24) is 0 Å². The summed E-state index contributed by atoms with van der Waals surface area (Å²) in [4.78, 5) is 0. The molecule has 0 unspecified atom stereocenters. The molecule has 0 amide bonds. The third-order valence-electron chi connectivity index (χ3n) is 2.09. The number of rotatable bonds is 1. The Morgan fingerprint density at radius 2 is 1.86 bits per heavy atom. The molecule has 0 bridgehead atoms. The Hall–Kier alpha value is 0. The third kappa shape index (κ3) is 0.960. The molecule has 0 heterocycles. The van der Waals surface area contributed by atoms with Gasteiger partial charge in [-0.25, -0.2) is 0 Å². The highest BCUT2D eigenvalue weighted by Gasteiger charge is 2.19. The van der Waals surface area contributed by atoms with E-state index in [4.69, 9.17) is 0 Å². The van der Waals surface area contributed by atoms with Crippen LogP contribution >= 0.6 is 0 Å². The van der Waals surface area contributed by atoms with Crippen molar-refractivity contribution in [3.63, 3.8) is 0 Å². The lowest BCUT2D eigenvalue weighted by atomic mass is 9.78. The van der Waals surface area contributed by atoms with E-state index in [0.29, 0.717) is 0 Å². The molecule has 0 atom stereocenters. The van der Waals surface area contributed by atoms with Gasteiger partial charge in [-0.15, -0.1) is 0 Å². The first-order valence-electron chi connectivity index (χ1n) is 3.30. The average Bonchev–Trinajstić information content (AvgIpc) is 1.23. The van der Waals surface area contributed by atoms with Gasteiger partial charge in [-0.1, -0.05) is 33.1 Å². The summed E-state index contributed by atoms with van der Waals surface area (Å²) in [7, 11) is 0. The molecule has 7 heavy (non-hydrogen) atoms. The highest BCUT2D eigenvalue weighted by atomic mass is 14.3. The van der Waals surface area contributed by atoms with E-state index in [1.807, 2.05) is 0 Å². The molecule has 1 fully saturated rings. The predicted molar refractivity (Wildman–Crippen MR) is 32.2 cm³/mol. The van der Waals surface area contributed by atoms with Crippen LogP contribution in [0, 0.1) is 11.8 Å². The van der Waals surface area contributed by atoms with Gasteiger partial charge in [-0.3, -0.25) is 0 Å². The molecule has 0 spiro atoms. The minimum absolute atomic E-state index is 0.953. The highest BCUT2D eigenvalue weighted by molar-refractivity contribution is 4.71. The van der Waals surface area contributed by atoms with Gasteiger partial charge in [0.15, 0.2) is 0 Å². The van der Waals surface area contributed by atoms with Gasteiger partial charge in [0.2, 0.25) is 0 Å². The van der Waals surface area contributed by atoms with Gasteiger partial charge < -0.3 is 0 Å². The van der Waals surface area contributed by atoms with Crippen molar-refractivity contribution >= 4 is 0 Å². The van der Waals surface area contributed by atoms with Crippen LogP contribution in [0.1, 0.15) is 33.1 Å². The number of hydrogen-bond donors (Lipinski definition) is 0. The van der Waals surface area contributed by atoms with E-state index in [9.17, 15) is 0 Å². The first kappa shape index (κ1) is 5.14. The molecular formula is C7H14. The van der Waals surface area contributed by atoms with Gasteiger partial charge in [-0.2, -0.15) is 0 Å². The van der Waals surface area contributed by atoms with Gasteiger partial charge in [0.25, 0.3) is 0 Å². The molecule has 0 aliphatic heterocycles. The first-order chi connectivity index (χ1) is 3.30. The van der Waals surface area contributed by atoms with Gasteiger partial charge in [0.05, 0.1) is 0 Å². The summed E-state index contributed by atoms with van der Waals surface area (Å²) >= 11 is 0. The van der Waals surface area contributed by atoms with Crippen LogP contribution in [-0.4, -0.2) is 0 Å². The Morgan fingerprint density at radius 1 is 1.29 bits per heavy atom. The molecule has 0 radical (unpaired) electrons.